The molecule has 3 rings (SSSR count). The molecular formula is C30H35ClFN3O4S. The van der Waals surface area contributed by atoms with Crippen molar-refractivity contribution >= 4 is 39.1 Å². The molecule has 0 aliphatic carbocycles. The second-order valence-electron chi connectivity index (χ2n) is 9.66. The number of hydrogen-bond donors (Lipinski definition) is 1. The van der Waals surface area contributed by atoms with Crippen LogP contribution in [0, 0.1) is 12.7 Å². The summed E-state index contributed by atoms with van der Waals surface area (Å²) in [7, 11) is -4.23. The van der Waals surface area contributed by atoms with Crippen LogP contribution in [0.4, 0.5) is 10.1 Å². The zero-order valence-corrected chi connectivity index (χ0v) is 24.7. The molecular weight excluding hydrogens is 553 g/mol. The molecule has 0 saturated carbocycles. The van der Waals surface area contributed by atoms with E-state index in [1.54, 1.807) is 43.3 Å². The van der Waals surface area contributed by atoms with E-state index < -0.39 is 34.3 Å². The van der Waals surface area contributed by atoms with Gasteiger partial charge in [0.25, 0.3) is 10.0 Å². The first-order chi connectivity index (χ1) is 19.0. The number of amides is 2. The second-order valence-corrected chi connectivity index (χ2v) is 11.9. The monoisotopic (exact) mass is 587 g/mol. The molecule has 0 aliphatic rings. The summed E-state index contributed by atoms with van der Waals surface area (Å²) in [5.41, 5.74) is 1.60. The molecule has 0 fully saturated rings. The van der Waals surface area contributed by atoms with Crippen molar-refractivity contribution in [2.45, 2.75) is 64.1 Å². The first kappa shape index (κ1) is 31.1. The number of aryl methyl sites for hydroxylation is 1. The number of nitrogens with zero attached hydrogens (tertiary/aromatic N) is 2. The Morgan fingerprint density at radius 3 is 2.15 bits per heavy atom. The Hall–Kier alpha value is -3.43. The zero-order valence-electron chi connectivity index (χ0n) is 23.1. The lowest BCUT2D eigenvalue weighted by molar-refractivity contribution is -0.140. The van der Waals surface area contributed by atoms with Crippen LogP contribution in [0.25, 0.3) is 0 Å². The minimum Gasteiger partial charge on any atom is -0.352 e. The van der Waals surface area contributed by atoms with Gasteiger partial charge in [0, 0.05) is 17.6 Å². The molecule has 40 heavy (non-hydrogen) atoms. The maximum atomic E-state index is 14.0. The summed E-state index contributed by atoms with van der Waals surface area (Å²) in [5, 5.41) is 3.35. The number of nitrogens with one attached hydrogen (secondary N) is 1. The van der Waals surface area contributed by atoms with Crippen LogP contribution in [0.1, 0.15) is 44.7 Å². The number of rotatable bonds is 12. The van der Waals surface area contributed by atoms with Gasteiger partial charge in [0.2, 0.25) is 11.8 Å². The van der Waals surface area contributed by atoms with Crippen molar-refractivity contribution in [3.63, 3.8) is 0 Å². The molecule has 2 amide bonds. The fraction of sp³-hybridized carbons (Fsp3) is 0.333. The Kier molecular flexibility index (Phi) is 10.7. The van der Waals surface area contributed by atoms with Crippen LogP contribution in [0.2, 0.25) is 5.02 Å². The van der Waals surface area contributed by atoms with Crippen LogP contribution in [0.3, 0.4) is 0 Å². The first-order valence-electron chi connectivity index (χ1n) is 13.2. The van der Waals surface area contributed by atoms with Crippen LogP contribution >= 0.6 is 11.6 Å². The second kappa shape index (κ2) is 13.8. The molecule has 0 bridgehead atoms. The predicted octanol–water partition coefficient (Wildman–Crippen LogP) is 5.70. The Morgan fingerprint density at radius 1 is 0.950 bits per heavy atom. The lowest BCUT2D eigenvalue weighted by Crippen LogP contribution is -2.53. The minimum absolute atomic E-state index is 0.00717. The molecule has 0 unspecified atom stereocenters. The predicted molar refractivity (Wildman–Crippen MR) is 156 cm³/mol. The number of anilines is 1. The van der Waals surface area contributed by atoms with Gasteiger partial charge in [-0.1, -0.05) is 61.3 Å². The van der Waals surface area contributed by atoms with Crippen molar-refractivity contribution in [1.29, 1.82) is 0 Å². The van der Waals surface area contributed by atoms with E-state index in [1.807, 2.05) is 20.8 Å². The molecule has 7 nitrogen and oxygen atoms in total. The summed E-state index contributed by atoms with van der Waals surface area (Å²) in [6.45, 7) is 6.81. The maximum Gasteiger partial charge on any atom is 0.264 e. The normalized spacial score (nSPS) is 12.8. The van der Waals surface area contributed by atoms with E-state index in [0.29, 0.717) is 23.4 Å². The third-order valence-corrected chi connectivity index (χ3v) is 8.84. The summed E-state index contributed by atoms with van der Waals surface area (Å²) < 4.78 is 42.3. The largest absolute Gasteiger partial charge is 0.352 e. The standard InChI is InChI=1S/C30H35ClFN3O4S/c1-5-22(4)33-30(37)28(6-2)34(19-23-9-7-8-10-27(23)31)29(36)20-35(25-15-13-24(32)14-16-25)40(38,39)26-17-11-21(3)12-18-26/h7-18,22,28H,5-6,19-20H2,1-4H3,(H,33,37)/t22-,28-/m1/s1. The smallest absolute Gasteiger partial charge is 0.264 e. The van der Waals surface area contributed by atoms with E-state index in [2.05, 4.69) is 5.32 Å². The molecule has 214 valence electrons. The summed E-state index contributed by atoms with van der Waals surface area (Å²) in [6, 6.07) is 17.1. The zero-order chi connectivity index (χ0) is 29.4. The fourth-order valence-corrected chi connectivity index (χ4v) is 5.75. The van der Waals surface area contributed by atoms with Gasteiger partial charge in [0.05, 0.1) is 10.6 Å². The van der Waals surface area contributed by atoms with Crippen molar-refractivity contribution in [3.8, 4) is 0 Å². The molecule has 0 aromatic heterocycles. The minimum atomic E-state index is -4.23. The van der Waals surface area contributed by atoms with Crippen molar-refractivity contribution < 1.29 is 22.4 Å². The maximum absolute atomic E-state index is 14.0. The molecule has 3 aromatic rings. The van der Waals surface area contributed by atoms with Crippen LogP contribution in [-0.4, -0.2) is 43.8 Å². The molecule has 0 saturated heterocycles. The van der Waals surface area contributed by atoms with Gasteiger partial charge in [0.15, 0.2) is 0 Å². The third-order valence-electron chi connectivity index (χ3n) is 6.69. The Labute approximate surface area is 241 Å². The fourth-order valence-electron chi connectivity index (χ4n) is 4.14. The van der Waals surface area contributed by atoms with Gasteiger partial charge in [0.1, 0.15) is 18.4 Å². The topological polar surface area (TPSA) is 86.8 Å². The van der Waals surface area contributed by atoms with Crippen LogP contribution < -0.4 is 9.62 Å². The van der Waals surface area contributed by atoms with E-state index in [1.165, 1.54) is 29.2 Å². The highest BCUT2D eigenvalue weighted by Crippen LogP contribution is 2.26. The summed E-state index contributed by atoms with van der Waals surface area (Å²) in [5.74, 6) is -1.49. The van der Waals surface area contributed by atoms with E-state index in [-0.39, 0.29) is 29.1 Å². The Bertz CT molecular complexity index is 1420. The van der Waals surface area contributed by atoms with E-state index in [9.17, 15) is 22.4 Å². The summed E-state index contributed by atoms with van der Waals surface area (Å²) in [4.78, 5) is 28.7. The quantitative estimate of drug-likeness (QED) is 0.294. The molecule has 0 heterocycles. The lowest BCUT2D eigenvalue weighted by atomic mass is 10.1. The lowest BCUT2D eigenvalue weighted by Gasteiger charge is -2.34. The van der Waals surface area contributed by atoms with Gasteiger partial charge in [-0.3, -0.25) is 13.9 Å². The first-order valence-corrected chi connectivity index (χ1v) is 15.0. The summed E-state index contributed by atoms with van der Waals surface area (Å²) >= 11 is 6.41. The molecule has 3 aromatic carbocycles. The Balaban J connectivity index is 2.06. The average Bonchev–Trinajstić information content (AvgIpc) is 2.93. The van der Waals surface area contributed by atoms with Crippen molar-refractivity contribution in [2.75, 3.05) is 10.8 Å². The number of carbonyl (C=O) groups is 2. The van der Waals surface area contributed by atoms with Gasteiger partial charge in [-0.25, -0.2) is 12.8 Å². The number of benzene rings is 3. The number of halogens is 2. The van der Waals surface area contributed by atoms with Crippen molar-refractivity contribution in [3.05, 3.63) is 94.8 Å². The molecule has 0 spiro atoms. The van der Waals surface area contributed by atoms with Gasteiger partial charge < -0.3 is 10.2 Å². The van der Waals surface area contributed by atoms with Gasteiger partial charge in [-0.2, -0.15) is 0 Å². The van der Waals surface area contributed by atoms with Gasteiger partial charge >= 0.3 is 0 Å². The number of carbonyl (C=O) groups excluding carboxylic acids is 2. The highest BCUT2D eigenvalue weighted by atomic mass is 35.5. The van der Waals surface area contributed by atoms with E-state index in [4.69, 9.17) is 11.6 Å². The average molecular weight is 588 g/mol. The Morgan fingerprint density at radius 2 is 1.57 bits per heavy atom. The van der Waals surface area contributed by atoms with Gasteiger partial charge in [-0.15, -0.1) is 0 Å². The SMILES string of the molecule is CC[C@@H](C)NC(=O)[C@@H](CC)N(Cc1ccccc1Cl)C(=O)CN(c1ccc(F)cc1)S(=O)(=O)c1ccc(C)cc1. The molecule has 0 aliphatic heterocycles. The number of sulfonamides is 1. The van der Waals surface area contributed by atoms with E-state index >= 15 is 0 Å². The molecule has 0 radical (unpaired) electrons. The van der Waals surface area contributed by atoms with Crippen LogP contribution in [0.5, 0.6) is 0 Å². The highest BCUT2D eigenvalue weighted by molar-refractivity contribution is 7.92. The molecule has 1 N–H and O–H groups in total. The van der Waals surface area contributed by atoms with Crippen molar-refractivity contribution in [1.82, 2.24) is 10.2 Å². The summed E-state index contributed by atoms with van der Waals surface area (Å²) in [6.07, 6.45) is 0.994. The van der Waals surface area contributed by atoms with Crippen molar-refractivity contribution in [2.24, 2.45) is 0 Å². The molecule has 2 atom stereocenters. The molecule has 10 heteroatoms. The number of hydrogen-bond acceptors (Lipinski definition) is 4. The van der Waals surface area contributed by atoms with Crippen LogP contribution in [0.15, 0.2) is 77.7 Å². The van der Waals surface area contributed by atoms with E-state index in [0.717, 1.165) is 22.0 Å². The highest BCUT2D eigenvalue weighted by Gasteiger charge is 2.34. The van der Waals surface area contributed by atoms with Crippen LogP contribution in [-0.2, 0) is 26.2 Å². The third kappa shape index (κ3) is 7.61. The van der Waals surface area contributed by atoms with Gasteiger partial charge in [-0.05, 0) is 74.7 Å².